The van der Waals surface area contributed by atoms with E-state index >= 15 is 0 Å². The minimum absolute atomic E-state index is 0.0839. The van der Waals surface area contributed by atoms with Gasteiger partial charge in [-0.3, -0.25) is 10.1 Å². The van der Waals surface area contributed by atoms with E-state index < -0.39 is 15.9 Å². The van der Waals surface area contributed by atoms with Gasteiger partial charge < -0.3 is 13.9 Å². The summed E-state index contributed by atoms with van der Waals surface area (Å²) in [5.41, 5.74) is 0.871. The summed E-state index contributed by atoms with van der Waals surface area (Å²) in [7, 11) is -3.68. The number of hydrogen-bond donors (Lipinski definition) is 1. The molecule has 0 fully saturated rings. The number of nitrogens with one attached hydrogen (secondary N) is 1. The van der Waals surface area contributed by atoms with Crippen LogP contribution in [0.1, 0.15) is 38.1 Å². The van der Waals surface area contributed by atoms with Crippen molar-refractivity contribution in [2.75, 3.05) is 25.2 Å². The molecule has 1 aliphatic heterocycles. The first-order valence-corrected chi connectivity index (χ1v) is 12.7. The fourth-order valence-electron chi connectivity index (χ4n) is 3.60. The van der Waals surface area contributed by atoms with Crippen molar-refractivity contribution in [2.45, 2.75) is 32.6 Å². The van der Waals surface area contributed by atoms with Crippen molar-refractivity contribution < 1.29 is 27.1 Å². The molecule has 0 aliphatic carbocycles. The lowest BCUT2D eigenvalue weighted by Gasteiger charge is -2.25. The minimum atomic E-state index is -3.68. The molecule has 10 nitrogen and oxygen atoms in total. The Labute approximate surface area is 204 Å². The molecule has 0 atom stereocenters. The number of sulfonamides is 1. The van der Waals surface area contributed by atoms with Crippen LogP contribution in [0.4, 0.5) is 6.01 Å². The highest BCUT2D eigenvalue weighted by atomic mass is 32.2. The van der Waals surface area contributed by atoms with Gasteiger partial charge in [-0.1, -0.05) is 32.8 Å². The molecule has 2 heterocycles. The van der Waals surface area contributed by atoms with Gasteiger partial charge in [0.25, 0.3) is 5.91 Å². The second-order valence-electron chi connectivity index (χ2n) is 9.07. The predicted molar refractivity (Wildman–Crippen MR) is 129 cm³/mol. The van der Waals surface area contributed by atoms with E-state index in [9.17, 15) is 13.2 Å². The Hall–Kier alpha value is -3.44. The van der Waals surface area contributed by atoms with Gasteiger partial charge >= 0.3 is 6.01 Å². The van der Waals surface area contributed by atoms with E-state index in [4.69, 9.17) is 13.9 Å². The second kappa shape index (κ2) is 10.0. The first-order chi connectivity index (χ1) is 16.6. The molecular formula is C24H28N4O6S. The molecule has 2 aromatic carbocycles. The summed E-state index contributed by atoms with van der Waals surface area (Å²) in [6.07, 6.45) is 0. The third kappa shape index (κ3) is 5.63. The number of carbonyl (C=O) groups is 1. The quantitative estimate of drug-likeness (QED) is 0.467. The monoisotopic (exact) mass is 500 g/mol. The third-order valence-corrected chi connectivity index (χ3v) is 7.00. The molecule has 0 bridgehead atoms. The lowest BCUT2D eigenvalue weighted by molar-refractivity contribution is 0.102. The molecule has 1 aromatic heterocycles. The van der Waals surface area contributed by atoms with Crippen LogP contribution in [0, 0.1) is 11.8 Å². The zero-order valence-electron chi connectivity index (χ0n) is 20.0. The Kier molecular flexibility index (Phi) is 7.08. The molecule has 0 spiro atoms. The van der Waals surface area contributed by atoms with Gasteiger partial charge in [0.2, 0.25) is 22.7 Å². The normalized spacial score (nSPS) is 13.1. The number of fused-ring (bicyclic) bond motifs is 1. The number of carbonyl (C=O) groups excluding carboxylic acids is 1. The zero-order valence-corrected chi connectivity index (χ0v) is 20.8. The predicted octanol–water partition coefficient (Wildman–Crippen LogP) is 4.02. The van der Waals surface area contributed by atoms with Crippen molar-refractivity contribution in [1.29, 1.82) is 0 Å². The molecule has 0 saturated carbocycles. The smallest absolute Gasteiger partial charge is 0.322 e. The number of nitrogens with zero attached hydrogens (tertiary/aromatic N) is 3. The van der Waals surface area contributed by atoms with Crippen LogP contribution in [0.25, 0.3) is 11.5 Å². The number of hydrogen-bond acceptors (Lipinski definition) is 8. The van der Waals surface area contributed by atoms with Crippen molar-refractivity contribution in [3.63, 3.8) is 0 Å². The van der Waals surface area contributed by atoms with Crippen LogP contribution in [0.15, 0.2) is 51.8 Å². The van der Waals surface area contributed by atoms with Crippen molar-refractivity contribution in [3.8, 4) is 23.0 Å². The van der Waals surface area contributed by atoms with Crippen LogP contribution in [0.2, 0.25) is 0 Å². The molecule has 1 amide bonds. The maximum Gasteiger partial charge on any atom is 0.322 e. The van der Waals surface area contributed by atoms with Crippen molar-refractivity contribution >= 4 is 21.9 Å². The van der Waals surface area contributed by atoms with Crippen molar-refractivity contribution in [1.82, 2.24) is 14.5 Å². The van der Waals surface area contributed by atoms with Gasteiger partial charge in [-0.15, -0.1) is 5.10 Å². The molecule has 0 unspecified atom stereocenters. The Morgan fingerprint density at radius 1 is 0.971 bits per heavy atom. The van der Waals surface area contributed by atoms with E-state index in [1.54, 1.807) is 18.2 Å². The van der Waals surface area contributed by atoms with E-state index in [2.05, 4.69) is 15.5 Å². The fraction of sp³-hybridized carbons (Fsp3) is 0.375. The Morgan fingerprint density at radius 2 is 1.63 bits per heavy atom. The van der Waals surface area contributed by atoms with Crippen LogP contribution in [-0.2, 0) is 10.0 Å². The van der Waals surface area contributed by atoms with Gasteiger partial charge in [0, 0.05) is 24.2 Å². The Morgan fingerprint density at radius 3 is 2.29 bits per heavy atom. The summed E-state index contributed by atoms with van der Waals surface area (Å²) in [6.45, 7) is 8.91. The summed E-state index contributed by atoms with van der Waals surface area (Å²) >= 11 is 0. The molecule has 11 heteroatoms. The van der Waals surface area contributed by atoms with E-state index in [0.29, 0.717) is 30.2 Å². The molecule has 186 valence electrons. The number of amides is 1. The van der Waals surface area contributed by atoms with Gasteiger partial charge in [0.05, 0.1) is 4.90 Å². The number of benzene rings is 2. The number of anilines is 1. The van der Waals surface area contributed by atoms with Crippen LogP contribution >= 0.6 is 0 Å². The van der Waals surface area contributed by atoms with Crippen LogP contribution in [0.3, 0.4) is 0 Å². The third-order valence-electron chi connectivity index (χ3n) is 5.16. The van der Waals surface area contributed by atoms with Crippen LogP contribution in [0.5, 0.6) is 11.5 Å². The Balaban J connectivity index is 1.46. The minimum Gasteiger partial charge on any atom is -0.454 e. The van der Waals surface area contributed by atoms with Crippen molar-refractivity contribution in [2.24, 2.45) is 11.8 Å². The van der Waals surface area contributed by atoms with E-state index in [0.717, 1.165) is 0 Å². The number of rotatable bonds is 9. The topological polar surface area (TPSA) is 124 Å². The highest BCUT2D eigenvalue weighted by Crippen LogP contribution is 2.35. The van der Waals surface area contributed by atoms with Gasteiger partial charge in [-0.05, 0) is 54.3 Å². The van der Waals surface area contributed by atoms with E-state index in [1.807, 2.05) is 27.7 Å². The molecule has 4 rings (SSSR count). The molecule has 1 N–H and O–H groups in total. The van der Waals surface area contributed by atoms with E-state index in [1.165, 1.54) is 28.6 Å². The highest BCUT2D eigenvalue weighted by Gasteiger charge is 2.26. The van der Waals surface area contributed by atoms with Crippen LogP contribution in [-0.4, -0.2) is 48.7 Å². The first-order valence-electron chi connectivity index (χ1n) is 11.3. The average molecular weight is 501 g/mol. The van der Waals surface area contributed by atoms with E-state index in [-0.39, 0.29) is 41.0 Å². The average Bonchev–Trinajstić information content (AvgIpc) is 3.47. The summed E-state index contributed by atoms with van der Waals surface area (Å²) < 4.78 is 44.0. The van der Waals surface area contributed by atoms with Gasteiger partial charge in [-0.2, -0.15) is 4.31 Å². The summed E-state index contributed by atoms with van der Waals surface area (Å²) in [6, 6.07) is 10.9. The van der Waals surface area contributed by atoms with Gasteiger partial charge in [0.1, 0.15) is 0 Å². The van der Waals surface area contributed by atoms with Crippen molar-refractivity contribution in [3.05, 3.63) is 48.0 Å². The number of aromatic nitrogens is 2. The molecule has 35 heavy (non-hydrogen) atoms. The standard InChI is InChI=1S/C24H28N4O6S/c1-15(2)12-28(13-16(3)4)35(30,31)19-8-5-17(6-9-19)22(29)25-24-27-26-23(34-24)18-7-10-20-21(11-18)33-14-32-20/h5-11,15-16H,12-14H2,1-4H3,(H,25,27,29). The first kappa shape index (κ1) is 24.7. The van der Waals surface area contributed by atoms with Gasteiger partial charge in [-0.25, -0.2) is 8.42 Å². The molecule has 0 radical (unpaired) electrons. The summed E-state index contributed by atoms with van der Waals surface area (Å²) in [5.74, 6) is 1.27. The number of ether oxygens (including phenoxy) is 2. The summed E-state index contributed by atoms with van der Waals surface area (Å²) in [5, 5.41) is 10.4. The lowest BCUT2D eigenvalue weighted by Crippen LogP contribution is -2.37. The van der Waals surface area contributed by atoms with Crippen LogP contribution < -0.4 is 14.8 Å². The Bertz CT molecular complexity index is 1290. The molecule has 3 aromatic rings. The molecule has 1 aliphatic rings. The lowest BCUT2D eigenvalue weighted by atomic mass is 10.2. The zero-order chi connectivity index (χ0) is 25.2. The molecule has 0 saturated heterocycles. The van der Waals surface area contributed by atoms with Gasteiger partial charge in [0.15, 0.2) is 11.5 Å². The molecular weight excluding hydrogens is 472 g/mol. The maximum absolute atomic E-state index is 13.2. The SMILES string of the molecule is CC(C)CN(CC(C)C)S(=O)(=O)c1ccc(C(=O)Nc2nnc(-c3ccc4c(c3)OCO4)o2)cc1. The fourth-order valence-corrected chi connectivity index (χ4v) is 5.37. The summed E-state index contributed by atoms with van der Waals surface area (Å²) in [4.78, 5) is 12.8. The second-order valence-corrected chi connectivity index (χ2v) is 11.0. The largest absolute Gasteiger partial charge is 0.454 e. The highest BCUT2D eigenvalue weighted by molar-refractivity contribution is 7.89. The maximum atomic E-state index is 13.2.